The molecule has 0 saturated carbocycles. The van der Waals surface area contributed by atoms with Crippen molar-refractivity contribution in [3.05, 3.63) is 39.2 Å². The van der Waals surface area contributed by atoms with Crippen LogP contribution in [0.4, 0.5) is 5.69 Å². The summed E-state index contributed by atoms with van der Waals surface area (Å²) in [4.78, 5) is 30.4. The van der Waals surface area contributed by atoms with Gasteiger partial charge in [0, 0.05) is 19.2 Å². The molecule has 2 aliphatic rings. The van der Waals surface area contributed by atoms with Crippen LogP contribution in [-0.4, -0.2) is 35.0 Å². The van der Waals surface area contributed by atoms with Gasteiger partial charge in [0.15, 0.2) is 5.17 Å². The van der Waals surface area contributed by atoms with Gasteiger partial charge in [-0.05, 0) is 36.7 Å². The molecule has 8 heteroatoms. The lowest BCUT2D eigenvalue weighted by atomic mass is 10.3. The average Bonchev–Trinajstić information content (AvgIpc) is 3.14. The molecule has 2 heterocycles. The number of para-hydroxylation sites is 1. The molecule has 0 spiro atoms. The second-order valence-electron chi connectivity index (χ2n) is 5.08. The summed E-state index contributed by atoms with van der Waals surface area (Å²) in [6, 6.07) is 5.05. The van der Waals surface area contributed by atoms with Gasteiger partial charge in [0.25, 0.3) is 5.91 Å². The largest absolute Gasteiger partial charge is 0.339 e. The van der Waals surface area contributed by atoms with Crippen LogP contribution in [0.25, 0.3) is 0 Å². The number of benzene rings is 1. The first kappa shape index (κ1) is 16.4. The quantitative estimate of drug-likeness (QED) is 0.813. The second-order valence-corrected chi connectivity index (χ2v) is 6.93. The summed E-state index contributed by atoms with van der Waals surface area (Å²) in [7, 11) is 0. The molecular formula is C15H13Cl2N3O2S. The van der Waals surface area contributed by atoms with Gasteiger partial charge < -0.3 is 10.2 Å². The third kappa shape index (κ3) is 3.71. The molecule has 0 atom stereocenters. The highest BCUT2D eigenvalue weighted by Gasteiger charge is 2.27. The monoisotopic (exact) mass is 369 g/mol. The highest BCUT2D eigenvalue weighted by atomic mass is 35.5. The van der Waals surface area contributed by atoms with Crippen molar-refractivity contribution >= 4 is 57.6 Å². The first-order chi connectivity index (χ1) is 11.0. The number of nitrogens with zero attached hydrogens (tertiary/aromatic N) is 2. The van der Waals surface area contributed by atoms with Crippen LogP contribution in [0.2, 0.25) is 10.0 Å². The van der Waals surface area contributed by atoms with Gasteiger partial charge in [0.2, 0.25) is 5.91 Å². The molecule has 0 aliphatic carbocycles. The van der Waals surface area contributed by atoms with E-state index < -0.39 is 0 Å². The Labute approximate surface area is 147 Å². The zero-order valence-electron chi connectivity index (χ0n) is 12.0. The summed E-state index contributed by atoms with van der Waals surface area (Å²) in [6.45, 7) is 1.48. The number of likely N-dealkylation sites (tertiary alicyclic amines) is 1. The van der Waals surface area contributed by atoms with E-state index in [0.29, 0.717) is 25.8 Å². The maximum absolute atomic E-state index is 12.1. The lowest BCUT2D eigenvalue weighted by Crippen LogP contribution is -2.26. The van der Waals surface area contributed by atoms with Gasteiger partial charge in [0.1, 0.15) is 5.69 Å². The van der Waals surface area contributed by atoms with Crippen molar-refractivity contribution in [3.63, 3.8) is 0 Å². The van der Waals surface area contributed by atoms with Gasteiger partial charge in [-0.3, -0.25) is 9.59 Å². The van der Waals surface area contributed by atoms with E-state index in [1.54, 1.807) is 23.1 Å². The summed E-state index contributed by atoms with van der Waals surface area (Å²) in [5.41, 5.74) is 0.394. The number of nitrogens with one attached hydrogen (secondary N) is 1. The third-order valence-electron chi connectivity index (χ3n) is 3.47. The summed E-state index contributed by atoms with van der Waals surface area (Å²) >= 11 is 13.2. The molecule has 2 saturated heterocycles. The maximum atomic E-state index is 12.1. The minimum absolute atomic E-state index is 0.142. The van der Waals surface area contributed by atoms with Crippen molar-refractivity contribution in [2.75, 3.05) is 13.1 Å². The highest BCUT2D eigenvalue weighted by molar-refractivity contribution is 8.18. The minimum atomic E-state index is -0.343. The van der Waals surface area contributed by atoms with Crippen LogP contribution in [0.15, 0.2) is 34.2 Å². The van der Waals surface area contributed by atoms with Crippen LogP contribution in [-0.2, 0) is 9.59 Å². The number of halogens is 2. The lowest BCUT2D eigenvalue weighted by molar-refractivity contribution is -0.125. The van der Waals surface area contributed by atoms with Crippen molar-refractivity contribution < 1.29 is 9.59 Å². The lowest BCUT2D eigenvalue weighted by Gasteiger charge is -2.11. The minimum Gasteiger partial charge on any atom is -0.339 e. The van der Waals surface area contributed by atoms with E-state index in [1.165, 1.54) is 6.08 Å². The predicted octanol–water partition coefficient (Wildman–Crippen LogP) is 3.35. The van der Waals surface area contributed by atoms with Gasteiger partial charge in [0.05, 0.1) is 15.0 Å². The Balaban J connectivity index is 1.79. The Hall–Kier alpha value is -1.50. The third-order valence-corrected chi connectivity index (χ3v) is 4.99. The first-order valence-electron chi connectivity index (χ1n) is 7.07. The molecule has 0 bridgehead atoms. The molecule has 2 fully saturated rings. The van der Waals surface area contributed by atoms with E-state index in [4.69, 9.17) is 23.2 Å². The van der Waals surface area contributed by atoms with Gasteiger partial charge in [-0.15, -0.1) is 0 Å². The number of carbonyl (C=O) groups is 2. The fraction of sp³-hybridized carbons (Fsp3) is 0.267. The molecule has 1 aromatic rings. The Bertz CT molecular complexity index is 707. The second kappa shape index (κ2) is 6.95. The summed E-state index contributed by atoms with van der Waals surface area (Å²) in [5, 5.41) is 3.76. The van der Waals surface area contributed by atoms with E-state index in [1.807, 2.05) is 0 Å². The van der Waals surface area contributed by atoms with Gasteiger partial charge in [-0.2, -0.15) is 0 Å². The topological polar surface area (TPSA) is 61.8 Å². The number of amidine groups is 1. The number of hydrogen-bond donors (Lipinski definition) is 1. The standard InChI is InChI=1S/C15H13Cl2N3O2S/c16-9-4-3-5-10(17)13(9)18-15-19-14(22)11(23-15)8-12(21)20-6-1-2-7-20/h3-5,8H,1-2,6-7H2,(H,18,19,22)/b11-8-. The normalized spacial score (nSPS) is 21.3. The fourth-order valence-electron chi connectivity index (χ4n) is 2.32. The molecule has 1 N–H and O–H groups in total. The van der Waals surface area contributed by atoms with Crippen LogP contribution in [0.5, 0.6) is 0 Å². The number of amides is 2. The number of hydrogen-bond acceptors (Lipinski definition) is 4. The molecule has 5 nitrogen and oxygen atoms in total. The summed E-state index contributed by atoms with van der Waals surface area (Å²) < 4.78 is 0. The highest BCUT2D eigenvalue weighted by Crippen LogP contribution is 2.35. The molecule has 1 aromatic carbocycles. The average molecular weight is 370 g/mol. The van der Waals surface area contributed by atoms with Gasteiger partial charge in [-0.25, -0.2) is 4.99 Å². The predicted molar refractivity (Wildman–Crippen MR) is 93.2 cm³/mol. The van der Waals surface area contributed by atoms with Crippen molar-refractivity contribution in [2.24, 2.45) is 4.99 Å². The van der Waals surface area contributed by atoms with Crippen molar-refractivity contribution in [1.82, 2.24) is 10.2 Å². The van der Waals surface area contributed by atoms with Crippen LogP contribution >= 0.6 is 35.0 Å². The zero-order chi connectivity index (χ0) is 16.4. The Morgan fingerprint density at radius 3 is 2.57 bits per heavy atom. The van der Waals surface area contributed by atoms with Gasteiger partial charge in [-0.1, -0.05) is 29.3 Å². The molecule has 23 heavy (non-hydrogen) atoms. The molecule has 0 aromatic heterocycles. The van der Waals surface area contributed by atoms with E-state index in [9.17, 15) is 9.59 Å². The number of thioether (sulfide) groups is 1. The summed E-state index contributed by atoms with van der Waals surface area (Å²) in [6.07, 6.45) is 3.37. The Morgan fingerprint density at radius 1 is 1.26 bits per heavy atom. The van der Waals surface area contributed by atoms with E-state index in [-0.39, 0.29) is 11.8 Å². The Morgan fingerprint density at radius 2 is 1.91 bits per heavy atom. The zero-order valence-corrected chi connectivity index (χ0v) is 14.3. The molecule has 2 amide bonds. The first-order valence-corrected chi connectivity index (χ1v) is 8.64. The smallest absolute Gasteiger partial charge is 0.264 e. The molecule has 120 valence electrons. The van der Waals surface area contributed by atoms with E-state index >= 15 is 0 Å². The van der Waals surface area contributed by atoms with Crippen LogP contribution in [0.3, 0.4) is 0 Å². The molecule has 0 unspecified atom stereocenters. The molecule has 0 radical (unpaired) electrons. The number of aliphatic imine (C=N–C) groups is 1. The van der Waals surface area contributed by atoms with E-state index in [0.717, 1.165) is 37.7 Å². The number of rotatable bonds is 2. The van der Waals surface area contributed by atoms with Crippen molar-refractivity contribution in [3.8, 4) is 0 Å². The number of carbonyl (C=O) groups excluding carboxylic acids is 2. The van der Waals surface area contributed by atoms with Crippen LogP contribution in [0, 0.1) is 0 Å². The fourth-order valence-corrected chi connectivity index (χ4v) is 3.59. The SMILES string of the molecule is O=C1NC(=Nc2c(Cl)cccc2Cl)S/C1=C\C(=O)N1CCCC1. The Kier molecular flexibility index (Phi) is 4.94. The maximum Gasteiger partial charge on any atom is 0.264 e. The van der Waals surface area contributed by atoms with E-state index in [2.05, 4.69) is 10.3 Å². The van der Waals surface area contributed by atoms with Crippen LogP contribution < -0.4 is 5.32 Å². The van der Waals surface area contributed by atoms with Crippen LogP contribution in [0.1, 0.15) is 12.8 Å². The molecular weight excluding hydrogens is 357 g/mol. The van der Waals surface area contributed by atoms with Gasteiger partial charge >= 0.3 is 0 Å². The van der Waals surface area contributed by atoms with Crippen molar-refractivity contribution in [1.29, 1.82) is 0 Å². The van der Waals surface area contributed by atoms with Crippen molar-refractivity contribution in [2.45, 2.75) is 12.8 Å². The molecule has 2 aliphatic heterocycles. The summed E-state index contributed by atoms with van der Waals surface area (Å²) in [5.74, 6) is -0.485. The molecule has 3 rings (SSSR count).